The molecular formula is C13H20N4OS. The highest BCUT2D eigenvalue weighted by molar-refractivity contribution is 7.15. The van der Waals surface area contributed by atoms with Gasteiger partial charge in [-0.15, -0.1) is 11.3 Å². The molecule has 0 saturated carbocycles. The van der Waals surface area contributed by atoms with E-state index >= 15 is 0 Å². The van der Waals surface area contributed by atoms with E-state index in [1.807, 2.05) is 4.90 Å². The number of rotatable bonds is 1. The lowest BCUT2D eigenvalue weighted by Gasteiger charge is -2.30. The average molecular weight is 280 g/mol. The van der Waals surface area contributed by atoms with Gasteiger partial charge in [-0.2, -0.15) is 0 Å². The lowest BCUT2D eigenvalue weighted by molar-refractivity contribution is 0.182. The second kappa shape index (κ2) is 5.46. The molecule has 0 aliphatic carbocycles. The summed E-state index contributed by atoms with van der Waals surface area (Å²) in [6.45, 7) is 5.78. The van der Waals surface area contributed by atoms with Crippen LogP contribution in [0.3, 0.4) is 0 Å². The Bertz CT molecular complexity index is 450. The van der Waals surface area contributed by atoms with E-state index in [1.165, 1.54) is 11.3 Å². The number of hydrogen-bond acceptors (Lipinski definition) is 4. The van der Waals surface area contributed by atoms with Crippen molar-refractivity contribution in [2.75, 3.05) is 25.0 Å². The van der Waals surface area contributed by atoms with Gasteiger partial charge in [0.25, 0.3) is 0 Å². The molecule has 2 N–H and O–H groups in total. The number of carbonyl (C=O) groups is 1. The highest BCUT2D eigenvalue weighted by atomic mass is 32.1. The molecule has 1 fully saturated rings. The van der Waals surface area contributed by atoms with Gasteiger partial charge in [0.05, 0.1) is 5.69 Å². The predicted molar refractivity (Wildman–Crippen MR) is 76.5 cm³/mol. The molecule has 0 radical (unpaired) electrons. The zero-order valence-electron chi connectivity index (χ0n) is 11.2. The molecule has 1 unspecified atom stereocenters. The lowest BCUT2D eigenvalue weighted by atomic mass is 10.0. The third-order valence-electron chi connectivity index (χ3n) is 3.76. The highest BCUT2D eigenvalue weighted by Crippen LogP contribution is 2.26. The lowest BCUT2D eigenvalue weighted by Crippen LogP contribution is -2.41. The fraction of sp³-hybridized carbons (Fsp3) is 0.692. The number of thiazole rings is 1. The standard InChI is InChI=1S/C13H20N4OS/c1-9-3-2-6-17(8-9)13(18)16-12-15-10-4-5-14-7-11(10)19-12/h9,14H,2-8H2,1H3,(H,15,16,18). The summed E-state index contributed by atoms with van der Waals surface area (Å²) in [4.78, 5) is 19.9. The van der Waals surface area contributed by atoms with Crippen LogP contribution in [0, 0.1) is 5.92 Å². The van der Waals surface area contributed by atoms with Crippen LogP contribution >= 0.6 is 11.3 Å². The van der Waals surface area contributed by atoms with Crippen molar-refractivity contribution in [1.29, 1.82) is 0 Å². The Labute approximate surface area is 117 Å². The first kappa shape index (κ1) is 12.9. The Kier molecular flexibility index (Phi) is 3.70. The van der Waals surface area contributed by atoms with Crippen LogP contribution in [-0.2, 0) is 13.0 Å². The molecule has 3 rings (SSSR count). The van der Waals surface area contributed by atoms with Gasteiger partial charge in [-0.25, -0.2) is 9.78 Å². The van der Waals surface area contributed by atoms with E-state index in [0.717, 1.165) is 49.8 Å². The molecule has 0 aromatic carbocycles. The van der Waals surface area contributed by atoms with Gasteiger partial charge in [0.15, 0.2) is 5.13 Å². The largest absolute Gasteiger partial charge is 0.324 e. The Morgan fingerprint density at radius 2 is 2.47 bits per heavy atom. The summed E-state index contributed by atoms with van der Waals surface area (Å²) in [5, 5.41) is 7.03. The first-order valence-electron chi connectivity index (χ1n) is 6.97. The second-order valence-corrected chi connectivity index (χ2v) is 6.52. The minimum absolute atomic E-state index is 0.00519. The maximum Gasteiger partial charge on any atom is 0.323 e. The van der Waals surface area contributed by atoms with Crippen molar-refractivity contribution >= 4 is 22.5 Å². The smallest absolute Gasteiger partial charge is 0.323 e. The zero-order valence-corrected chi connectivity index (χ0v) is 12.1. The second-order valence-electron chi connectivity index (χ2n) is 5.44. The molecule has 1 aromatic heterocycles. The van der Waals surface area contributed by atoms with Gasteiger partial charge in [-0.3, -0.25) is 5.32 Å². The molecule has 3 heterocycles. The zero-order chi connectivity index (χ0) is 13.2. The first-order valence-corrected chi connectivity index (χ1v) is 7.79. The van der Waals surface area contributed by atoms with Gasteiger partial charge in [0.1, 0.15) is 0 Å². The molecule has 5 nitrogen and oxygen atoms in total. The molecule has 2 aliphatic rings. The maximum atomic E-state index is 12.2. The van der Waals surface area contributed by atoms with Crippen molar-refractivity contribution in [3.8, 4) is 0 Å². The SMILES string of the molecule is CC1CCCN(C(=O)Nc2nc3c(s2)CNCC3)C1. The quantitative estimate of drug-likeness (QED) is 0.828. The van der Waals surface area contributed by atoms with Crippen LogP contribution in [-0.4, -0.2) is 35.5 Å². The number of aromatic nitrogens is 1. The topological polar surface area (TPSA) is 57.3 Å². The van der Waals surface area contributed by atoms with Crippen molar-refractivity contribution < 1.29 is 4.79 Å². The van der Waals surface area contributed by atoms with E-state index in [4.69, 9.17) is 0 Å². The van der Waals surface area contributed by atoms with Crippen LogP contribution in [0.1, 0.15) is 30.3 Å². The van der Waals surface area contributed by atoms with E-state index < -0.39 is 0 Å². The van der Waals surface area contributed by atoms with Gasteiger partial charge < -0.3 is 10.2 Å². The molecule has 0 bridgehead atoms. The molecule has 19 heavy (non-hydrogen) atoms. The summed E-state index contributed by atoms with van der Waals surface area (Å²) in [7, 11) is 0. The van der Waals surface area contributed by atoms with Gasteiger partial charge in [0.2, 0.25) is 0 Å². The first-order chi connectivity index (χ1) is 9.22. The molecule has 1 saturated heterocycles. The van der Waals surface area contributed by atoms with Gasteiger partial charge in [-0.05, 0) is 18.8 Å². The number of urea groups is 1. The number of nitrogens with zero attached hydrogens (tertiary/aromatic N) is 2. The summed E-state index contributed by atoms with van der Waals surface area (Å²) in [6, 6.07) is 0.00519. The Hall–Kier alpha value is -1.14. The minimum atomic E-state index is 0.00519. The number of anilines is 1. The number of amides is 2. The number of hydrogen-bond donors (Lipinski definition) is 2. The molecule has 0 spiro atoms. The van der Waals surface area contributed by atoms with Gasteiger partial charge in [-0.1, -0.05) is 6.92 Å². The van der Waals surface area contributed by atoms with Crippen LogP contribution < -0.4 is 10.6 Å². The van der Waals surface area contributed by atoms with Crippen molar-refractivity contribution in [2.45, 2.75) is 32.7 Å². The van der Waals surface area contributed by atoms with Crippen molar-refractivity contribution in [3.63, 3.8) is 0 Å². The van der Waals surface area contributed by atoms with Crippen LogP contribution in [0.2, 0.25) is 0 Å². The van der Waals surface area contributed by atoms with Crippen LogP contribution in [0.5, 0.6) is 0 Å². The highest BCUT2D eigenvalue weighted by Gasteiger charge is 2.22. The predicted octanol–water partition coefficient (Wildman–Crippen LogP) is 2.05. The third kappa shape index (κ3) is 2.90. The Balaban J connectivity index is 1.64. The van der Waals surface area contributed by atoms with E-state index in [0.29, 0.717) is 5.92 Å². The molecule has 2 aliphatic heterocycles. The van der Waals surface area contributed by atoms with E-state index in [2.05, 4.69) is 22.5 Å². The molecule has 6 heteroatoms. The number of nitrogens with one attached hydrogen (secondary N) is 2. The summed E-state index contributed by atoms with van der Waals surface area (Å²) >= 11 is 1.60. The fourth-order valence-electron chi connectivity index (χ4n) is 2.72. The van der Waals surface area contributed by atoms with Crippen LogP contribution in [0.25, 0.3) is 0 Å². The van der Waals surface area contributed by atoms with Crippen LogP contribution in [0.4, 0.5) is 9.93 Å². The van der Waals surface area contributed by atoms with Crippen molar-refractivity contribution in [1.82, 2.24) is 15.2 Å². The summed E-state index contributed by atoms with van der Waals surface area (Å²) < 4.78 is 0. The fourth-order valence-corrected chi connectivity index (χ4v) is 3.69. The van der Waals surface area contributed by atoms with Crippen molar-refractivity contribution in [3.05, 3.63) is 10.6 Å². The Morgan fingerprint density at radius 3 is 3.26 bits per heavy atom. The molecule has 2 amide bonds. The normalized spacial score (nSPS) is 23.0. The minimum Gasteiger partial charge on any atom is -0.324 e. The van der Waals surface area contributed by atoms with Crippen LogP contribution in [0.15, 0.2) is 0 Å². The van der Waals surface area contributed by atoms with Crippen molar-refractivity contribution in [2.24, 2.45) is 5.92 Å². The number of carbonyl (C=O) groups excluding carboxylic acids is 1. The number of likely N-dealkylation sites (tertiary alicyclic amines) is 1. The maximum absolute atomic E-state index is 12.2. The summed E-state index contributed by atoms with van der Waals surface area (Å²) in [6.07, 6.45) is 3.29. The van der Waals surface area contributed by atoms with Gasteiger partial charge in [0, 0.05) is 37.5 Å². The summed E-state index contributed by atoms with van der Waals surface area (Å²) in [5.74, 6) is 0.605. The summed E-state index contributed by atoms with van der Waals surface area (Å²) in [5.41, 5.74) is 1.14. The third-order valence-corrected chi connectivity index (χ3v) is 4.77. The van der Waals surface area contributed by atoms with E-state index in [9.17, 15) is 4.79 Å². The monoisotopic (exact) mass is 280 g/mol. The molecule has 104 valence electrons. The molecular weight excluding hydrogens is 260 g/mol. The van der Waals surface area contributed by atoms with E-state index in [1.54, 1.807) is 11.3 Å². The van der Waals surface area contributed by atoms with E-state index in [-0.39, 0.29) is 6.03 Å². The number of fused-ring (bicyclic) bond motifs is 1. The number of piperidine rings is 1. The van der Waals surface area contributed by atoms with Gasteiger partial charge >= 0.3 is 6.03 Å². The Morgan fingerprint density at radius 1 is 1.58 bits per heavy atom. The average Bonchev–Trinajstić information content (AvgIpc) is 2.80. The molecule has 1 atom stereocenters. The molecule has 1 aromatic rings.